The maximum absolute atomic E-state index is 12.6. The van der Waals surface area contributed by atoms with Crippen molar-refractivity contribution in [1.82, 2.24) is 15.1 Å². The summed E-state index contributed by atoms with van der Waals surface area (Å²) in [7, 11) is 0. The molecule has 1 aromatic carbocycles. The third-order valence-corrected chi connectivity index (χ3v) is 4.96. The number of piperidine rings is 1. The van der Waals surface area contributed by atoms with Gasteiger partial charge in [0.1, 0.15) is 0 Å². The number of amides is 1. The Labute approximate surface area is 142 Å². The number of hydrogen-bond acceptors (Lipinski definition) is 3. The van der Waals surface area contributed by atoms with E-state index in [-0.39, 0.29) is 17.9 Å². The first-order valence-electron chi connectivity index (χ1n) is 8.72. The van der Waals surface area contributed by atoms with Crippen LogP contribution >= 0.6 is 0 Å². The van der Waals surface area contributed by atoms with Crippen molar-refractivity contribution in [2.45, 2.75) is 38.7 Å². The van der Waals surface area contributed by atoms with Crippen LogP contribution in [0.4, 0.5) is 0 Å². The SMILES string of the molecule is CCc1[nH]ncc1C(=O)N1CCC(C(O)Cc2ccccc2)CC1. The van der Waals surface area contributed by atoms with Crippen LogP contribution in [0.15, 0.2) is 36.5 Å². The number of aryl methyl sites for hydroxylation is 1. The summed E-state index contributed by atoms with van der Waals surface area (Å²) < 4.78 is 0. The van der Waals surface area contributed by atoms with Gasteiger partial charge in [0.05, 0.1) is 17.9 Å². The lowest BCUT2D eigenvalue weighted by molar-refractivity contribution is 0.0467. The molecule has 1 amide bonds. The summed E-state index contributed by atoms with van der Waals surface area (Å²) in [6.45, 7) is 3.41. The Bertz CT molecular complexity index is 660. The Hall–Kier alpha value is -2.14. The summed E-state index contributed by atoms with van der Waals surface area (Å²) in [5, 5.41) is 17.4. The largest absolute Gasteiger partial charge is 0.392 e. The van der Waals surface area contributed by atoms with Gasteiger partial charge in [-0.15, -0.1) is 0 Å². The second-order valence-electron chi connectivity index (χ2n) is 6.50. The predicted molar refractivity (Wildman–Crippen MR) is 92.7 cm³/mol. The van der Waals surface area contributed by atoms with Crippen molar-refractivity contribution in [3.8, 4) is 0 Å². The highest BCUT2D eigenvalue weighted by Crippen LogP contribution is 2.24. The van der Waals surface area contributed by atoms with E-state index in [1.165, 1.54) is 0 Å². The summed E-state index contributed by atoms with van der Waals surface area (Å²) in [5.74, 6) is 0.306. The van der Waals surface area contributed by atoms with Gasteiger partial charge < -0.3 is 10.0 Å². The second-order valence-corrected chi connectivity index (χ2v) is 6.50. The average molecular weight is 327 g/mol. The zero-order valence-electron chi connectivity index (χ0n) is 14.1. The lowest BCUT2D eigenvalue weighted by Crippen LogP contribution is -2.41. The number of benzene rings is 1. The number of carbonyl (C=O) groups is 1. The molecule has 1 fully saturated rings. The van der Waals surface area contributed by atoms with Crippen LogP contribution in [0.25, 0.3) is 0 Å². The first-order valence-corrected chi connectivity index (χ1v) is 8.72. The van der Waals surface area contributed by atoms with Crippen LogP contribution in [0.1, 0.15) is 41.4 Å². The highest BCUT2D eigenvalue weighted by Gasteiger charge is 2.29. The van der Waals surface area contributed by atoms with Gasteiger partial charge in [-0.3, -0.25) is 9.89 Å². The number of aliphatic hydroxyl groups excluding tert-OH is 1. The summed E-state index contributed by atoms with van der Waals surface area (Å²) in [6, 6.07) is 10.1. The quantitative estimate of drug-likeness (QED) is 0.886. The van der Waals surface area contributed by atoms with Crippen LogP contribution in [0.5, 0.6) is 0 Å². The zero-order valence-corrected chi connectivity index (χ0v) is 14.1. The van der Waals surface area contributed by atoms with Crippen LogP contribution < -0.4 is 0 Å². The normalized spacial score (nSPS) is 17.0. The molecule has 1 unspecified atom stereocenters. The number of hydrogen-bond donors (Lipinski definition) is 2. The molecule has 5 heteroatoms. The second kappa shape index (κ2) is 7.62. The van der Waals surface area contributed by atoms with Gasteiger partial charge in [0, 0.05) is 18.8 Å². The Morgan fingerprint density at radius 1 is 1.33 bits per heavy atom. The maximum atomic E-state index is 12.6. The Morgan fingerprint density at radius 3 is 2.71 bits per heavy atom. The molecule has 0 radical (unpaired) electrons. The van der Waals surface area contributed by atoms with Crippen molar-refractivity contribution in [3.05, 3.63) is 53.3 Å². The van der Waals surface area contributed by atoms with Gasteiger partial charge in [-0.2, -0.15) is 5.10 Å². The minimum Gasteiger partial charge on any atom is -0.392 e. The standard InChI is InChI=1S/C19H25N3O2/c1-2-17-16(13-20-21-17)19(24)22-10-8-15(9-11-22)18(23)12-14-6-4-3-5-7-14/h3-7,13,15,18,23H,2,8-12H2,1H3,(H,20,21). The molecule has 1 aliphatic heterocycles. The van der Waals surface area contributed by atoms with Crippen LogP contribution in [0, 0.1) is 5.92 Å². The van der Waals surface area contributed by atoms with E-state index in [1.807, 2.05) is 42.2 Å². The minimum absolute atomic E-state index is 0.0524. The molecular weight excluding hydrogens is 302 g/mol. The van der Waals surface area contributed by atoms with Gasteiger partial charge in [-0.1, -0.05) is 37.3 Å². The summed E-state index contributed by atoms with van der Waals surface area (Å²) >= 11 is 0. The van der Waals surface area contributed by atoms with Crippen molar-refractivity contribution >= 4 is 5.91 Å². The van der Waals surface area contributed by atoms with Crippen LogP contribution in [0.3, 0.4) is 0 Å². The number of nitrogens with one attached hydrogen (secondary N) is 1. The van der Waals surface area contributed by atoms with Gasteiger partial charge in [0.25, 0.3) is 5.91 Å². The predicted octanol–water partition coefficient (Wildman–Crippen LogP) is 2.43. The molecule has 2 heterocycles. The molecule has 2 N–H and O–H groups in total. The number of nitrogens with zero attached hydrogens (tertiary/aromatic N) is 2. The highest BCUT2D eigenvalue weighted by atomic mass is 16.3. The van der Waals surface area contributed by atoms with Crippen LogP contribution in [-0.2, 0) is 12.8 Å². The molecule has 0 aliphatic carbocycles. The zero-order chi connectivity index (χ0) is 16.9. The molecule has 24 heavy (non-hydrogen) atoms. The fraction of sp³-hybridized carbons (Fsp3) is 0.474. The topological polar surface area (TPSA) is 69.2 Å². The Morgan fingerprint density at radius 2 is 2.04 bits per heavy atom. The summed E-state index contributed by atoms with van der Waals surface area (Å²) in [4.78, 5) is 14.5. The molecule has 1 aliphatic rings. The van der Waals surface area contributed by atoms with Crippen molar-refractivity contribution in [2.75, 3.05) is 13.1 Å². The summed E-state index contributed by atoms with van der Waals surface area (Å²) in [5.41, 5.74) is 2.74. The van der Waals surface area contributed by atoms with Gasteiger partial charge in [-0.05, 0) is 37.2 Å². The Kier molecular flexibility index (Phi) is 5.30. The smallest absolute Gasteiger partial charge is 0.257 e. The molecule has 128 valence electrons. The van der Waals surface area contributed by atoms with Crippen LogP contribution in [0.2, 0.25) is 0 Å². The summed E-state index contributed by atoms with van der Waals surface area (Å²) in [6.07, 6.45) is 4.43. The fourth-order valence-electron chi connectivity index (χ4n) is 3.45. The van der Waals surface area contributed by atoms with Crippen molar-refractivity contribution in [2.24, 2.45) is 5.92 Å². The monoisotopic (exact) mass is 327 g/mol. The first kappa shape index (κ1) is 16.7. The molecule has 0 bridgehead atoms. The first-order chi connectivity index (χ1) is 11.7. The third-order valence-electron chi connectivity index (χ3n) is 4.96. The molecule has 1 saturated heterocycles. The van der Waals surface area contributed by atoms with Crippen molar-refractivity contribution in [1.29, 1.82) is 0 Å². The Balaban J connectivity index is 1.54. The van der Waals surface area contributed by atoms with Crippen molar-refractivity contribution < 1.29 is 9.90 Å². The maximum Gasteiger partial charge on any atom is 0.257 e. The number of carbonyl (C=O) groups excluding carboxylic acids is 1. The molecule has 3 rings (SSSR count). The van der Waals surface area contributed by atoms with E-state index in [0.717, 1.165) is 30.5 Å². The van der Waals surface area contributed by atoms with Gasteiger partial charge >= 0.3 is 0 Å². The molecule has 5 nitrogen and oxygen atoms in total. The van der Waals surface area contributed by atoms with E-state index < -0.39 is 0 Å². The van der Waals surface area contributed by atoms with Crippen molar-refractivity contribution in [3.63, 3.8) is 0 Å². The van der Waals surface area contributed by atoms with Crippen LogP contribution in [-0.4, -0.2) is 45.3 Å². The number of rotatable bonds is 5. The van der Waals surface area contributed by atoms with E-state index >= 15 is 0 Å². The lowest BCUT2D eigenvalue weighted by atomic mass is 9.87. The molecule has 0 saturated carbocycles. The lowest BCUT2D eigenvalue weighted by Gasteiger charge is -2.34. The van der Waals surface area contributed by atoms with E-state index in [9.17, 15) is 9.90 Å². The van der Waals surface area contributed by atoms with Gasteiger partial charge in [-0.25, -0.2) is 0 Å². The minimum atomic E-state index is -0.343. The number of aliphatic hydroxyl groups is 1. The van der Waals surface area contributed by atoms with Gasteiger partial charge in [0.15, 0.2) is 0 Å². The highest BCUT2D eigenvalue weighted by molar-refractivity contribution is 5.95. The molecule has 1 atom stereocenters. The van der Waals surface area contributed by atoms with Gasteiger partial charge in [0.2, 0.25) is 0 Å². The van der Waals surface area contributed by atoms with E-state index in [2.05, 4.69) is 10.2 Å². The van der Waals surface area contributed by atoms with E-state index in [1.54, 1.807) is 6.20 Å². The number of aromatic nitrogens is 2. The fourth-order valence-corrected chi connectivity index (χ4v) is 3.45. The molecule has 2 aromatic rings. The number of likely N-dealkylation sites (tertiary alicyclic amines) is 1. The third kappa shape index (κ3) is 3.67. The van der Waals surface area contributed by atoms with E-state index in [4.69, 9.17) is 0 Å². The average Bonchev–Trinajstić information content (AvgIpc) is 3.11. The molecule has 1 aromatic heterocycles. The molecule has 0 spiro atoms. The van der Waals surface area contributed by atoms with E-state index in [0.29, 0.717) is 25.1 Å². The number of aromatic amines is 1. The number of H-pyrrole nitrogens is 1. The molecular formula is C19H25N3O2.